The third-order valence-electron chi connectivity index (χ3n) is 5.54. The van der Waals surface area contributed by atoms with Gasteiger partial charge in [0.15, 0.2) is 0 Å². The van der Waals surface area contributed by atoms with E-state index in [2.05, 4.69) is 52.8 Å². The maximum atomic E-state index is 12.5. The molecular formula is C20H31N3O. The summed E-state index contributed by atoms with van der Waals surface area (Å²) in [4.78, 5) is 15.0. The number of amides is 1. The summed E-state index contributed by atoms with van der Waals surface area (Å²) in [5, 5.41) is 6.56. The van der Waals surface area contributed by atoms with Gasteiger partial charge < -0.3 is 10.6 Å². The van der Waals surface area contributed by atoms with Crippen molar-refractivity contribution in [3.05, 3.63) is 35.9 Å². The Hall–Kier alpha value is -1.39. The molecule has 3 rings (SSSR count). The molecule has 0 aromatic heterocycles. The molecule has 2 N–H and O–H groups in total. The Kier molecular flexibility index (Phi) is 6.27. The molecule has 0 radical (unpaired) electrons. The minimum Gasteiger partial charge on any atom is -0.353 e. The number of benzene rings is 1. The third kappa shape index (κ3) is 4.58. The van der Waals surface area contributed by atoms with E-state index in [4.69, 9.17) is 0 Å². The highest BCUT2D eigenvalue weighted by molar-refractivity contribution is 5.81. The fourth-order valence-corrected chi connectivity index (χ4v) is 3.87. The molecule has 4 nitrogen and oxygen atoms in total. The molecule has 2 atom stereocenters. The van der Waals surface area contributed by atoms with E-state index in [1.165, 1.54) is 24.8 Å². The van der Waals surface area contributed by atoms with Crippen LogP contribution in [0.3, 0.4) is 0 Å². The SMILES string of the molecule is CC1CCN(C(CNC(=O)[C@H]2CCCCN2)c2ccccc2)CC1. The van der Waals surface area contributed by atoms with E-state index in [0.29, 0.717) is 6.54 Å². The van der Waals surface area contributed by atoms with Gasteiger partial charge in [-0.2, -0.15) is 0 Å². The van der Waals surface area contributed by atoms with Gasteiger partial charge in [0.05, 0.1) is 12.1 Å². The zero-order valence-electron chi connectivity index (χ0n) is 14.8. The molecule has 1 aromatic rings. The zero-order valence-corrected chi connectivity index (χ0v) is 14.8. The van der Waals surface area contributed by atoms with Gasteiger partial charge in [-0.15, -0.1) is 0 Å². The molecule has 1 amide bonds. The number of nitrogens with zero attached hydrogens (tertiary/aromatic N) is 1. The number of carbonyl (C=O) groups is 1. The van der Waals surface area contributed by atoms with Crippen LogP contribution in [-0.4, -0.2) is 43.0 Å². The second kappa shape index (κ2) is 8.63. The highest BCUT2D eigenvalue weighted by atomic mass is 16.2. The summed E-state index contributed by atoms with van der Waals surface area (Å²) < 4.78 is 0. The first-order valence-corrected chi connectivity index (χ1v) is 9.54. The van der Waals surface area contributed by atoms with Crippen molar-refractivity contribution in [1.82, 2.24) is 15.5 Å². The Bertz CT molecular complexity index is 505. The minimum absolute atomic E-state index is 0.00319. The van der Waals surface area contributed by atoms with Crippen LogP contribution in [0.4, 0.5) is 0 Å². The van der Waals surface area contributed by atoms with E-state index in [-0.39, 0.29) is 18.0 Å². The van der Waals surface area contributed by atoms with Crippen LogP contribution in [0.2, 0.25) is 0 Å². The molecule has 132 valence electrons. The molecule has 1 aromatic carbocycles. The van der Waals surface area contributed by atoms with Crippen LogP contribution < -0.4 is 10.6 Å². The van der Waals surface area contributed by atoms with Crippen molar-refractivity contribution in [2.24, 2.45) is 5.92 Å². The number of nitrogens with one attached hydrogen (secondary N) is 2. The van der Waals surface area contributed by atoms with Gasteiger partial charge >= 0.3 is 0 Å². The quantitative estimate of drug-likeness (QED) is 0.873. The summed E-state index contributed by atoms with van der Waals surface area (Å²) in [6, 6.07) is 10.9. The van der Waals surface area contributed by atoms with Crippen molar-refractivity contribution in [1.29, 1.82) is 0 Å². The summed E-state index contributed by atoms with van der Waals surface area (Å²) in [7, 11) is 0. The Labute approximate surface area is 146 Å². The topological polar surface area (TPSA) is 44.4 Å². The number of rotatable bonds is 5. The van der Waals surface area contributed by atoms with Crippen molar-refractivity contribution in [3.8, 4) is 0 Å². The van der Waals surface area contributed by atoms with Gasteiger partial charge in [0.2, 0.25) is 5.91 Å². The largest absolute Gasteiger partial charge is 0.353 e. The van der Waals surface area contributed by atoms with Crippen LogP contribution in [0.15, 0.2) is 30.3 Å². The molecule has 4 heteroatoms. The van der Waals surface area contributed by atoms with Gasteiger partial charge in [0.25, 0.3) is 0 Å². The molecule has 2 heterocycles. The monoisotopic (exact) mass is 329 g/mol. The fourth-order valence-electron chi connectivity index (χ4n) is 3.87. The number of piperidine rings is 2. The van der Waals surface area contributed by atoms with Crippen LogP contribution in [0.25, 0.3) is 0 Å². The van der Waals surface area contributed by atoms with Gasteiger partial charge in [0, 0.05) is 6.54 Å². The molecule has 2 saturated heterocycles. The van der Waals surface area contributed by atoms with Crippen LogP contribution in [0.1, 0.15) is 50.6 Å². The lowest BCUT2D eigenvalue weighted by atomic mass is 9.95. The van der Waals surface area contributed by atoms with Gasteiger partial charge in [-0.3, -0.25) is 9.69 Å². The first-order valence-electron chi connectivity index (χ1n) is 9.54. The maximum Gasteiger partial charge on any atom is 0.237 e. The molecular weight excluding hydrogens is 298 g/mol. The Morgan fingerprint density at radius 3 is 2.62 bits per heavy atom. The number of hydrogen-bond acceptors (Lipinski definition) is 3. The molecule has 2 fully saturated rings. The molecule has 0 bridgehead atoms. The average Bonchev–Trinajstić information content (AvgIpc) is 2.65. The van der Waals surface area contributed by atoms with Crippen molar-refractivity contribution in [2.45, 2.75) is 51.1 Å². The normalized spacial score (nSPS) is 24.5. The summed E-state index contributed by atoms with van der Waals surface area (Å²) in [5.74, 6) is 0.986. The molecule has 1 unspecified atom stereocenters. The maximum absolute atomic E-state index is 12.5. The molecule has 2 aliphatic rings. The lowest BCUT2D eigenvalue weighted by Crippen LogP contribution is -2.49. The van der Waals surface area contributed by atoms with Crippen LogP contribution >= 0.6 is 0 Å². The van der Waals surface area contributed by atoms with Gasteiger partial charge in [-0.1, -0.05) is 43.7 Å². The summed E-state index contributed by atoms with van der Waals surface area (Å²) in [5.41, 5.74) is 1.31. The molecule has 0 aliphatic carbocycles. The predicted octanol–water partition coefficient (Wildman–Crippen LogP) is 2.72. The average molecular weight is 329 g/mol. The summed E-state index contributed by atoms with van der Waals surface area (Å²) in [6.45, 7) is 6.25. The number of carbonyl (C=O) groups excluding carboxylic acids is 1. The molecule has 2 aliphatic heterocycles. The second-order valence-electron chi connectivity index (χ2n) is 7.39. The molecule has 24 heavy (non-hydrogen) atoms. The van der Waals surface area contributed by atoms with Gasteiger partial charge in [-0.05, 0) is 56.8 Å². The fraction of sp³-hybridized carbons (Fsp3) is 0.650. The van der Waals surface area contributed by atoms with E-state index in [1.54, 1.807) is 0 Å². The Balaban J connectivity index is 1.62. The van der Waals surface area contributed by atoms with Crippen LogP contribution in [0, 0.1) is 5.92 Å². The van der Waals surface area contributed by atoms with E-state index >= 15 is 0 Å². The smallest absolute Gasteiger partial charge is 0.237 e. The second-order valence-corrected chi connectivity index (χ2v) is 7.39. The zero-order chi connectivity index (χ0) is 16.8. The Morgan fingerprint density at radius 1 is 1.21 bits per heavy atom. The lowest BCUT2D eigenvalue weighted by Gasteiger charge is -2.37. The highest BCUT2D eigenvalue weighted by Gasteiger charge is 2.26. The van der Waals surface area contributed by atoms with Gasteiger partial charge in [-0.25, -0.2) is 0 Å². The third-order valence-corrected chi connectivity index (χ3v) is 5.54. The summed E-state index contributed by atoms with van der Waals surface area (Å²) in [6.07, 6.45) is 5.80. The number of hydrogen-bond donors (Lipinski definition) is 2. The lowest BCUT2D eigenvalue weighted by molar-refractivity contribution is -0.124. The highest BCUT2D eigenvalue weighted by Crippen LogP contribution is 2.26. The Morgan fingerprint density at radius 2 is 1.96 bits per heavy atom. The van der Waals surface area contributed by atoms with E-state index in [0.717, 1.165) is 38.4 Å². The minimum atomic E-state index is -0.00319. The molecule has 0 saturated carbocycles. The van der Waals surface area contributed by atoms with Crippen molar-refractivity contribution < 1.29 is 4.79 Å². The van der Waals surface area contributed by atoms with E-state index in [9.17, 15) is 4.79 Å². The van der Waals surface area contributed by atoms with Crippen molar-refractivity contribution >= 4 is 5.91 Å². The van der Waals surface area contributed by atoms with Gasteiger partial charge in [0.1, 0.15) is 0 Å². The van der Waals surface area contributed by atoms with E-state index < -0.39 is 0 Å². The molecule has 0 spiro atoms. The first kappa shape index (κ1) is 17.4. The van der Waals surface area contributed by atoms with Crippen molar-refractivity contribution in [3.63, 3.8) is 0 Å². The summed E-state index contributed by atoms with van der Waals surface area (Å²) >= 11 is 0. The van der Waals surface area contributed by atoms with Crippen LogP contribution in [0.5, 0.6) is 0 Å². The van der Waals surface area contributed by atoms with E-state index in [1.807, 2.05) is 0 Å². The number of likely N-dealkylation sites (tertiary alicyclic amines) is 1. The first-order chi connectivity index (χ1) is 11.7. The van der Waals surface area contributed by atoms with Crippen LogP contribution in [-0.2, 0) is 4.79 Å². The van der Waals surface area contributed by atoms with Crippen molar-refractivity contribution in [2.75, 3.05) is 26.2 Å². The predicted molar refractivity (Wildman–Crippen MR) is 97.8 cm³/mol. The standard InChI is InChI=1S/C20H31N3O/c1-16-10-13-23(14-11-16)19(17-7-3-2-4-8-17)15-22-20(24)18-9-5-6-12-21-18/h2-4,7-8,16,18-19,21H,5-6,9-15H2,1H3,(H,22,24)/t18-,19?/m1/s1.